The lowest BCUT2D eigenvalue weighted by molar-refractivity contribution is -0.318. The number of piperazine rings is 1. The third kappa shape index (κ3) is 13.8. The van der Waals surface area contributed by atoms with Gasteiger partial charge in [0.1, 0.15) is 41.3 Å². The fourth-order valence-corrected chi connectivity index (χ4v) is 12.9. The molecule has 0 bridgehead atoms. The van der Waals surface area contributed by atoms with Gasteiger partial charge in [0.2, 0.25) is 5.43 Å². The van der Waals surface area contributed by atoms with E-state index in [9.17, 15) is 45.0 Å². The second-order valence-electron chi connectivity index (χ2n) is 25.0. The van der Waals surface area contributed by atoms with Gasteiger partial charge in [-0.3, -0.25) is 9.59 Å². The first-order chi connectivity index (χ1) is 37.1. The zero-order valence-electron chi connectivity index (χ0n) is 49.8. The Balaban J connectivity index is 0.000000307. The highest BCUT2D eigenvalue weighted by Gasteiger charge is 2.53. The number of ether oxygens (including phenoxy) is 6. The number of aromatic carboxylic acids is 1. The summed E-state index contributed by atoms with van der Waals surface area (Å²) in [7, 11) is 7.12. The average Bonchev–Trinajstić information content (AvgIpc) is 4.30. The maximum absolute atomic E-state index is 15.6. The van der Waals surface area contributed by atoms with Crippen molar-refractivity contribution in [2.45, 2.75) is 230 Å². The number of nitrogens with zero attached hydrogens (tertiary/aromatic N) is 4. The Morgan fingerprint density at radius 3 is 2.08 bits per heavy atom. The third-order valence-electron chi connectivity index (χ3n) is 17.6. The Hall–Kier alpha value is -3.69. The van der Waals surface area contributed by atoms with Gasteiger partial charge >= 0.3 is 11.9 Å². The van der Waals surface area contributed by atoms with Crippen LogP contribution in [0.25, 0.3) is 10.9 Å². The van der Waals surface area contributed by atoms with Crippen molar-refractivity contribution in [3.05, 3.63) is 33.6 Å². The Labute approximate surface area is 469 Å². The van der Waals surface area contributed by atoms with E-state index in [1.807, 2.05) is 65.6 Å². The number of aromatic nitrogens is 1. The Morgan fingerprint density at radius 1 is 0.912 bits per heavy atom. The van der Waals surface area contributed by atoms with E-state index >= 15 is 8.78 Å². The number of benzene rings is 1. The van der Waals surface area contributed by atoms with E-state index in [-0.39, 0.29) is 66.7 Å². The van der Waals surface area contributed by atoms with Crippen LogP contribution in [0.3, 0.4) is 0 Å². The summed E-state index contributed by atoms with van der Waals surface area (Å²) < 4.78 is 69.8. The number of pyridine rings is 1. The number of hydrogen-bond donors (Lipinski definition) is 8. The number of anilines is 2. The maximum atomic E-state index is 15.6. The van der Waals surface area contributed by atoms with Crippen molar-refractivity contribution in [3.8, 4) is 0 Å². The second-order valence-corrected chi connectivity index (χ2v) is 25.0. The number of carbonyl (C=O) groups excluding carboxylic acids is 1. The highest BCUT2D eigenvalue weighted by Crippen LogP contribution is 2.43. The fourth-order valence-electron chi connectivity index (χ4n) is 12.9. The van der Waals surface area contributed by atoms with Crippen molar-refractivity contribution in [3.63, 3.8) is 0 Å². The number of carboxylic acid groups (broad SMARTS) is 1. The quantitative estimate of drug-likeness (QED) is 0.123. The number of hydrogen-bond acceptors (Lipinski definition) is 19. The van der Waals surface area contributed by atoms with Crippen LogP contribution in [0.1, 0.15) is 138 Å². The zero-order chi connectivity index (χ0) is 60.0. The minimum Gasteiger partial charge on any atom is -0.477 e. The average molecular weight is 1140 g/mol. The van der Waals surface area contributed by atoms with Crippen molar-refractivity contribution < 1.29 is 77.4 Å². The van der Waals surface area contributed by atoms with Gasteiger partial charge in [0.15, 0.2) is 24.2 Å². The number of nitrogens with two attached hydrogens (primary N) is 1. The van der Waals surface area contributed by atoms with Crippen LogP contribution in [0.4, 0.5) is 20.2 Å². The van der Waals surface area contributed by atoms with Crippen molar-refractivity contribution >= 4 is 34.2 Å². The molecule has 0 amide bonds. The zero-order valence-corrected chi connectivity index (χ0v) is 49.8. The number of aliphatic hydroxyl groups excluding tert-OH is 3. The normalized spacial score (nSPS) is 40.2. The number of nitrogen functional groups attached to an aromatic ring is 1. The van der Waals surface area contributed by atoms with Crippen LogP contribution in [-0.4, -0.2) is 207 Å². The highest BCUT2D eigenvalue weighted by molar-refractivity contribution is 5.99. The lowest BCUT2D eigenvalue weighted by atomic mass is 9.77. The summed E-state index contributed by atoms with van der Waals surface area (Å²) in [6, 6.07) is -0.911. The highest BCUT2D eigenvalue weighted by atomic mass is 19.1. The fraction of sp³-hybridized carbons (Fsp3) is 0.807. The number of halogens is 2. The van der Waals surface area contributed by atoms with Crippen LogP contribution in [0.5, 0.6) is 0 Å². The van der Waals surface area contributed by atoms with E-state index in [4.69, 9.17) is 34.2 Å². The second kappa shape index (κ2) is 25.7. The van der Waals surface area contributed by atoms with Crippen molar-refractivity contribution in [2.75, 3.05) is 58.5 Å². The molecule has 5 fully saturated rings. The molecule has 9 N–H and O–H groups in total. The van der Waals surface area contributed by atoms with E-state index in [0.29, 0.717) is 26.1 Å². The summed E-state index contributed by atoms with van der Waals surface area (Å²) >= 11 is 0. The van der Waals surface area contributed by atoms with E-state index in [2.05, 4.69) is 5.32 Å². The molecule has 5 heterocycles. The molecule has 4 saturated heterocycles. The summed E-state index contributed by atoms with van der Waals surface area (Å²) in [6.07, 6.45) is -5.59. The Bertz CT molecular complexity index is 2530. The number of methoxy groups -OCH3 is 1. The molecule has 0 spiro atoms. The third-order valence-corrected chi connectivity index (χ3v) is 17.6. The number of carboxylic acids is 1. The largest absolute Gasteiger partial charge is 0.477 e. The number of aliphatic hydroxyl groups is 5. The van der Waals surface area contributed by atoms with Crippen LogP contribution in [0.2, 0.25) is 0 Å². The molecule has 1 aliphatic carbocycles. The van der Waals surface area contributed by atoms with E-state index in [1.54, 1.807) is 46.4 Å². The minimum atomic E-state index is -1.80. The van der Waals surface area contributed by atoms with Gasteiger partial charge in [-0.2, -0.15) is 0 Å². The van der Waals surface area contributed by atoms with Crippen molar-refractivity contribution in [2.24, 2.45) is 17.8 Å². The van der Waals surface area contributed by atoms with Gasteiger partial charge in [0.05, 0.1) is 58.1 Å². The van der Waals surface area contributed by atoms with E-state index < -0.39 is 136 Å². The molecule has 4 aliphatic heterocycles. The van der Waals surface area contributed by atoms with E-state index in [0.717, 1.165) is 19.0 Å². The molecule has 21 nitrogen and oxygen atoms in total. The number of nitrogens with one attached hydrogen (secondary N) is 1. The lowest BCUT2D eigenvalue weighted by Gasteiger charge is -2.48. The number of carbonyl (C=O) groups is 2. The molecule has 0 radical (unpaired) electrons. The molecule has 20 atom stereocenters. The van der Waals surface area contributed by atoms with Gasteiger partial charge in [-0.15, -0.1) is 0 Å². The molecule has 2 aromatic rings. The maximum Gasteiger partial charge on any atom is 0.341 e. The van der Waals surface area contributed by atoms with Gasteiger partial charge in [-0.05, 0) is 121 Å². The monoisotopic (exact) mass is 1140 g/mol. The minimum absolute atomic E-state index is 0.0134. The summed E-state index contributed by atoms with van der Waals surface area (Å²) in [6.45, 7) is 22.6. The smallest absolute Gasteiger partial charge is 0.341 e. The molecular formula is C57H94F2N6O15. The van der Waals surface area contributed by atoms with Gasteiger partial charge < -0.3 is 89.4 Å². The molecule has 80 heavy (non-hydrogen) atoms. The first-order valence-electron chi connectivity index (χ1n) is 28.4. The van der Waals surface area contributed by atoms with Crippen LogP contribution in [0, 0.1) is 29.4 Å². The lowest BCUT2D eigenvalue weighted by Crippen LogP contribution is -2.60. The van der Waals surface area contributed by atoms with Gasteiger partial charge in [-0.1, -0.05) is 20.8 Å². The van der Waals surface area contributed by atoms with Crippen LogP contribution < -0.4 is 21.4 Å². The first kappa shape index (κ1) is 65.5. The standard InChI is InChI=1S/C38H72N2O12.C19H22F2N4O3/c1-15-27-38(10,46)31(42)24(6)40(13)19-20(2)17-36(8,45)33(52-35-29(41)26(39(11)12)16-21(3)48-35)22(4)30(23(5)34(44)50-27)51-28-18-37(9,47-14)32(43)25(7)49-28;1-8-5-24(6-9(2)23-8)17-13(20)15(22)12-16(14(17)21)25(10-3-4-10)7-11(18(12)26)19(27)28/h20-33,35,41-43,45-46H,15-19H2,1-14H3;7-10,23H,3-6,22H2,1-2H3,(H,27,28)/t20-,21?,22+,23-,24-,25?,26?,27-,28?,29?,30+,31-,32?,33-,35?,36-,37?,38-;8-,9+/m1./s1. The van der Waals surface area contributed by atoms with Crippen LogP contribution in [-0.2, 0) is 33.2 Å². The van der Waals surface area contributed by atoms with E-state index in [1.165, 1.54) is 18.6 Å². The summed E-state index contributed by atoms with van der Waals surface area (Å²) in [5, 5.41) is 70.4. The molecule has 7 rings (SSSR count). The predicted octanol–water partition coefficient (Wildman–Crippen LogP) is 3.98. The molecule has 5 aliphatic rings. The number of esters is 1. The van der Waals surface area contributed by atoms with Crippen molar-refractivity contribution in [1.29, 1.82) is 0 Å². The van der Waals surface area contributed by atoms with Crippen molar-refractivity contribution in [1.82, 2.24) is 19.7 Å². The Kier molecular flexibility index (Phi) is 21.0. The molecule has 456 valence electrons. The molecular weight excluding hydrogens is 1050 g/mol. The number of cyclic esters (lactones) is 1. The molecule has 1 aromatic heterocycles. The van der Waals surface area contributed by atoms with Gasteiger partial charge in [0, 0.05) is 75.5 Å². The number of likely N-dealkylation sites (N-methyl/N-ethyl adjacent to an activating group) is 2. The van der Waals surface area contributed by atoms with Gasteiger partial charge in [-0.25, -0.2) is 13.6 Å². The van der Waals surface area contributed by atoms with Crippen LogP contribution in [0.15, 0.2) is 11.0 Å². The molecule has 1 aromatic carbocycles. The first-order valence-corrected chi connectivity index (χ1v) is 28.4. The molecule has 23 heteroatoms. The summed E-state index contributed by atoms with van der Waals surface area (Å²) in [4.78, 5) is 43.8. The summed E-state index contributed by atoms with van der Waals surface area (Å²) in [5.41, 5.74) is -0.839. The van der Waals surface area contributed by atoms with Crippen LogP contribution >= 0.6 is 0 Å². The summed E-state index contributed by atoms with van der Waals surface area (Å²) in [5.74, 6) is -5.92. The number of rotatable bonds is 10. The predicted molar refractivity (Wildman–Crippen MR) is 296 cm³/mol. The van der Waals surface area contributed by atoms with Gasteiger partial charge in [0.25, 0.3) is 0 Å². The molecule has 8 unspecified atom stereocenters. The topological polar surface area (TPSA) is 281 Å². The SMILES string of the molecule is CC[C@H]1OC(=O)[C@H](C)[C@@H](OC2CC(C)(OC)C(O)C(C)O2)[C@H](C)[C@@H](OC2OC(C)CC(N(C)C)C2O)[C@](C)(O)C[C@@H](C)CN(C)[C@H](C)[C@@H](O)[C@]1(C)O.C[C@@H]1CN(c2c(F)c(N)c3c(=O)c(C(=O)O)cn(C4CC4)c3c2F)C[C@H](C)N1. The Morgan fingerprint density at radius 2 is 1.52 bits per heavy atom. The number of fused-ring (bicyclic) bond motifs is 1. The molecule has 1 saturated carbocycles.